The third kappa shape index (κ3) is 2.68. The van der Waals surface area contributed by atoms with Crippen LogP contribution in [-0.4, -0.2) is 28.8 Å². The molecule has 1 aliphatic rings. The molecule has 0 saturated carbocycles. The molecule has 2 aromatic rings. The predicted molar refractivity (Wildman–Crippen MR) is 88.4 cm³/mol. The number of aryl methyl sites for hydroxylation is 2. The molecule has 3 rings (SSSR count). The molecule has 6 heteroatoms. The van der Waals surface area contributed by atoms with E-state index in [1.807, 2.05) is 32.2 Å². The first-order chi connectivity index (χ1) is 10.5. The molecule has 1 unspecified atom stereocenters. The van der Waals surface area contributed by atoms with Crippen LogP contribution in [0.1, 0.15) is 34.8 Å². The Hall–Kier alpha value is -1.66. The number of anilines is 1. The lowest BCUT2D eigenvalue weighted by molar-refractivity contribution is -0.923. The van der Waals surface area contributed by atoms with E-state index in [0.29, 0.717) is 12.6 Å². The fourth-order valence-electron chi connectivity index (χ4n) is 3.24. The Morgan fingerprint density at radius 2 is 2.32 bits per heavy atom. The van der Waals surface area contributed by atoms with Crippen LogP contribution in [-0.2, 0) is 18.3 Å². The van der Waals surface area contributed by atoms with E-state index in [2.05, 4.69) is 28.8 Å². The van der Waals surface area contributed by atoms with Crippen LogP contribution in [0.2, 0.25) is 0 Å². The summed E-state index contributed by atoms with van der Waals surface area (Å²) in [5, 5.41) is 9.55. The highest BCUT2D eigenvalue weighted by Gasteiger charge is 2.30. The molecule has 0 saturated heterocycles. The molecule has 1 amide bonds. The maximum absolute atomic E-state index is 12.4. The monoisotopic (exact) mass is 319 g/mol. The minimum Gasteiger partial charge on any atom is -0.321 e. The highest BCUT2D eigenvalue weighted by atomic mass is 32.1. The van der Waals surface area contributed by atoms with Gasteiger partial charge in [-0.15, -0.1) is 11.3 Å². The number of hydrogen-bond acceptors (Lipinski definition) is 3. The van der Waals surface area contributed by atoms with Crippen molar-refractivity contribution in [2.45, 2.75) is 33.2 Å². The average Bonchev–Trinajstić information content (AvgIpc) is 3.03. The van der Waals surface area contributed by atoms with Gasteiger partial charge in [-0.3, -0.25) is 9.48 Å². The zero-order valence-electron chi connectivity index (χ0n) is 13.6. The van der Waals surface area contributed by atoms with Crippen molar-refractivity contribution in [2.75, 3.05) is 18.4 Å². The molecule has 1 aliphatic heterocycles. The molecular formula is C16H23N4OS+. The minimum atomic E-state index is 0.0692. The van der Waals surface area contributed by atoms with Gasteiger partial charge in [0.05, 0.1) is 23.6 Å². The lowest BCUT2D eigenvalue weighted by Gasteiger charge is -2.29. The van der Waals surface area contributed by atoms with Crippen LogP contribution >= 0.6 is 11.3 Å². The number of fused-ring (bicyclic) bond motifs is 1. The average molecular weight is 319 g/mol. The Morgan fingerprint density at radius 3 is 3.00 bits per heavy atom. The van der Waals surface area contributed by atoms with Crippen molar-refractivity contribution in [3.8, 4) is 0 Å². The summed E-state index contributed by atoms with van der Waals surface area (Å²) in [6, 6.07) is 2.59. The number of thiophene rings is 1. The summed E-state index contributed by atoms with van der Waals surface area (Å²) in [7, 11) is 1.90. The van der Waals surface area contributed by atoms with Gasteiger partial charge in [0, 0.05) is 23.9 Å². The van der Waals surface area contributed by atoms with Crippen molar-refractivity contribution in [1.29, 1.82) is 0 Å². The SMILES string of the molecule is Cc1nn(C)c(C)c1NC(=O)C[NH+]1CCc2sccc2[C@H]1C. The molecule has 0 aliphatic carbocycles. The van der Waals surface area contributed by atoms with Crippen molar-refractivity contribution in [3.05, 3.63) is 33.3 Å². The van der Waals surface area contributed by atoms with E-state index < -0.39 is 0 Å². The molecule has 0 spiro atoms. The first kappa shape index (κ1) is 15.2. The maximum atomic E-state index is 12.4. The topological polar surface area (TPSA) is 51.4 Å². The summed E-state index contributed by atoms with van der Waals surface area (Å²) in [6.07, 6.45) is 1.07. The van der Waals surface area contributed by atoms with Crippen LogP contribution in [0, 0.1) is 13.8 Å². The van der Waals surface area contributed by atoms with Gasteiger partial charge in [-0.25, -0.2) is 0 Å². The molecule has 2 atom stereocenters. The number of nitrogens with one attached hydrogen (secondary N) is 2. The van der Waals surface area contributed by atoms with Crippen molar-refractivity contribution >= 4 is 22.9 Å². The Morgan fingerprint density at radius 1 is 1.55 bits per heavy atom. The number of carbonyl (C=O) groups excluding carboxylic acids is 1. The van der Waals surface area contributed by atoms with Gasteiger partial charge in [0.15, 0.2) is 6.54 Å². The van der Waals surface area contributed by atoms with E-state index >= 15 is 0 Å². The minimum absolute atomic E-state index is 0.0692. The second-order valence-electron chi connectivity index (χ2n) is 6.07. The fourth-order valence-corrected chi connectivity index (χ4v) is 4.22. The van der Waals surface area contributed by atoms with Crippen LogP contribution in [0.5, 0.6) is 0 Å². The summed E-state index contributed by atoms with van der Waals surface area (Å²) < 4.78 is 1.80. The predicted octanol–water partition coefficient (Wildman–Crippen LogP) is 1.24. The Kier molecular flexibility index (Phi) is 4.06. The van der Waals surface area contributed by atoms with E-state index in [0.717, 1.165) is 30.0 Å². The van der Waals surface area contributed by atoms with Crippen molar-refractivity contribution in [3.63, 3.8) is 0 Å². The molecule has 2 aromatic heterocycles. The van der Waals surface area contributed by atoms with Crippen LogP contribution in [0.25, 0.3) is 0 Å². The summed E-state index contributed by atoms with van der Waals surface area (Å²) >= 11 is 1.83. The number of carbonyl (C=O) groups is 1. The molecule has 0 fully saturated rings. The second kappa shape index (κ2) is 5.85. The van der Waals surface area contributed by atoms with Gasteiger partial charge in [0.25, 0.3) is 5.91 Å². The normalized spacial score (nSPS) is 20.7. The zero-order chi connectivity index (χ0) is 15.9. The van der Waals surface area contributed by atoms with E-state index in [4.69, 9.17) is 0 Å². The van der Waals surface area contributed by atoms with Crippen molar-refractivity contribution in [1.82, 2.24) is 9.78 Å². The summed E-state index contributed by atoms with van der Waals surface area (Å²) in [5.41, 5.74) is 4.13. The molecule has 5 nitrogen and oxygen atoms in total. The number of hydrogen-bond donors (Lipinski definition) is 2. The van der Waals surface area contributed by atoms with Crippen LogP contribution in [0.4, 0.5) is 5.69 Å². The van der Waals surface area contributed by atoms with Gasteiger partial charge < -0.3 is 10.2 Å². The van der Waals surface area contributed by atoms with Crippen molar-refractivity contribution < 1.29 is 9.69 Å². The third-order valence-corrected chi connectivity index (χ3v) is 5.69. The van der Waals surface area contributed by atoms with E-state index in [1.165, 1.54) is 15.3 Å². The summed E-state index contributed by atoms with van der Waals surface area (Å²) in [4.78, 5) is 15.2. The van der Waals surface area contributed by atoms with Gasteiger partial charge in [0.2, 0.25) is 0 Å². The van der Waals surface area contributed by atoms with E-state index in [9.17, 15) is 4.79 Å². The smallest absolute Gasteiger partial charge is 0.279 e. The second-order valence-corrected chi connectivity index (χ2v) is 7.07. The van der Waals surface area contributed by atoms with Gasteiger partial charge in [0.1, 0.15) is 6.04 Å². The Balaban J connectivity index is 1.68. The van der Waals surface area contributed by atoms with Crippen molar-refractivity contribution in [2.24, 2.45) is 7.05 Å². The van der Waals surface area contributed by atoms with E-state index in [1.54, 1.807) is 4.68 Å². The highest BCUT2D eigenvalue weighted by molar-refractivity contribution is 7.10. The van der Waals surface area contributed by atoms with E-state index in [-0.39, 0.29) is 5.91 Å². The number of quaternary nitrogens is 1. The molecule has 118 valence electrons. The number of aromatic nitrogens is 2. The van der Waals surface area contributed by atoms with Crippen LogP contribution < -0.4 is 10.2 Å². The number of amides is 1. The zero-order valence-corrected chi connectivity index (χ0v) is 14.4. The highest BCUT2D eigenvalue weighted by Crippen LogP contribution is 2.24. The Labute approximate surface area is 134 Å². The Bertz CT molecular complexity index is 703. The molecule has 2 N–H and O–H groups in total. The molecule has 3 heterocycles. The third-order valence-electron chi connectivity index (χ3n) is 4.69. The van der Waals surface area contributed by atoms with Crippen LogP contribution in [0.15, 0.2) is 11.4 Å². The standard InChI is InChI=1S/C16H22N4OS/c1-10-16(12(3)19(4)18-10)17-15(21)9-20-7-5-14-13(11(20)2)6-8-22-14/h6,8,11H,5,7,9H2,1-4H3,(H,17,21)/p+1/t11-/m1/s1. The first-order valence-corrected chi connectivity index (χ1v) is 8.56. The largest absolute Gasteiger partial charge is 0.321 e. The van der Waals surface area contributed by atoms with Gasteiger partial charge in [-0.1, -0.05) is 0 Å². The molecule has 0 radical (unpaired) electrons. The number of rotatable bonds is 3. The molecular weight excluding hydrogens is 296 g/mol. The van der Waals surface area contributed by atoms with Gasteiger partial charge in [-0.2, -0.15) is 5.10 Å². The quantitative estimate of drug-likeness (QED) is 0.894. The maximum Gasteiger partial charge on any atom is 0.279 e. The lowest BCUT2D eigenvalue weighted by atomic mass is 10.0. The lowest BCUT2D eigenvalue weighted by Crippen LogP contribution is -3.14. The molecule has 22 heavy (non-hydrogen) atoms. The summed E-state index contributed by atoms with van der Waals surface area (Å²) in [6.45, 7) is 7.64. The molecule has 0 aromatic carbocycles. The van der Waals surface area contributed by atoms with Gasteiger partial charge in [-0.05, 0) is 32.2 Å². The fraction of sp³-hybridized carbons (Fsp3) is 0.500. The molecule has 0 bridgehead atoms. The summed E-state index contributed by atoms with van der Waals surface area (Å²) in [5.74, 6) is 0.0692. The van der Waals surface area contributed by atoms with Crippen LogP contribution in [0.3, 0.4) is 0 Å². The van der Waals surface area contributed by atoms with Gasteiger partial charge >= 0.3 is 0 Å². The number of nitrogens with zero attached hydrogens (tertiary/aromatic N) is 2. The first-order valence-electron chi connectivity index (χ1n) is 7.68.